The predicted octanol–water partition coefficient (Wildman–Crippen LogP) is 3.96. The lowest BCUT2D eigenvalue weighted by molar-refractivity contribution is -0.118. The van der Waals surface area contributed by atoms with Crippen LogP contribution >= 0.6 is 11.6 Å². The third kappa shape index (κ3) is 5.42. The molecule has 1 amide bonds. The second-order valence-corrected chi connectivity index (χ2v) is 6.95. The summed E-state index contributed by atoms with van der Waals surface area (Å²) in [6.45, 7) is 2.18. The van der Waals surface area contributed by atoms with Crippen molar-refractivity contribution in [3.63, 3.8) is 0 Å². The molecule has 1 fully saturated rings. The number of rotatable bonds is 6. The van der Waals surface area contributed by atoms with Gasteiger partial charge in [0, 0.05) is 6.04 Å². The number of methoxy groups -OCH3 is 1. The Kier molecular flexibility index (Phi) is 7.58. The molecule has 0 aromatic heterocycles. The molecule has 0 aliphatic heterocycles. The van der Waals surface area contributed by atoms with Crippen LogP contribution in [0, 0.1) is 29.6 Å². The van der Waals surface area contributed by atoms with Gasteiger partial charge in [-0.3, -0.25) is 4.79 Å². The Hall–Kier alpha value is -2.63. The number of carbonyl (C=O) groups is 1. The van der Waals surface area contributed by atoms with Gasteiger partial charge in [0.15, 0.2) is 11.5 Å². The van der Waals surface area contributed by atoms with Gasteiger partial charge in [0.25, 0.3) is 5.91 Å². The van der Waals surface area contributed by atoms with E-state index in [4.69, 9.17) is 27.5 Å². The monoisotopic (exact) mass is 386 g/mol. The number of hydrogen-bond acceptors (Lipinski definition) is 4. The number of terminal acetylenes is 1. The molecule has 2 atom stereocenters. The van der Waals surface area contributed by atoms with Crippen LogP contribution in [0.15, 0.2) is 17.7 Å². The molecule has 1 saturated carbocycles. The molecule has 0 saturated heterocycles. The summed E-state index contributed by atoms with van der Waals surface area (Å²) in [5.74, 6) is 3.10. The van der Waals surface area contributed by atoms with Crippen LogP contribution in [0.25, 0.3) is 6.08 Å². The molecule has 0 spiro atoms. The highest BCUT2D eigenvalue weighted by Gasteiger charge is 2.24. The summed E-state index contributed by atoms with van der Waals surface area (Å²) in [5.41, 5.74) is 0.580. The number of nitriles is 1. The van der Waals surface area contributed by atoms with E-state index in [2.05, 4.69) is 18.2 Å². The molecule has 1 N–H and O–H groups in total. The SMILES string of the molecule is C#CCOc1c(Cl)cc(/C=C(\C#N)C(=O)N[C@@H]2CCCC[C@@H]2C)cc1OC. The van der Waals surface area contributed by atoms with Crippen molar-refractivity contribution in [3.8, 4) is 29.9 Å². The van der Waals surface area contributed by atoms with Crippen LogP contribution in [0.1, 0.15) is 38.2 Å². The minimum Gasteiger partial charge on any atom is -0.493 e. The molecular weight excluding hydrogens is 364 g/mol. The lowest BCUT2D eigenvalue weighted by atomic mass is 9.86. The zero-order valence-electron chi connectivity index (χ0n) is 15.5. The minimum atomic E-state index is -0.376. The number of nitrogens with one attached hydrogen (secondary N) is 1. The van der Waals surface area contributed by atoms with Crippen molar-refractivity contribution in [2.45, 2.75) is 38.6 Å². The van der Waals surface area contributed by atoms with Gasteiger partial charge in [0.1, 0.15) is 18.2 Å². The van der Waals surface area contributed by atoms with Crippen LogP contribution in [0.3, 0.4) is 0 Å². The summed E-state index contributed by atoms with van der Waals surface area (Å²) >= 11 is 6.24. The number of amides is 1. The molecule has 0 heterocycles. The van der Waals surface area contributed by atoms with Crippen LogP contribution in [0.5, 0.6) is 11.5 Å². The number of benzene rings is 1. The summed E-state index contributed by atoms with van der Waals surface area (Å²) in [6, 6.07) is 5.31. The molecule has 1 aliphatic rings. The molecule has 1 aromatic carbocycles. The van der Waals surface area contributed by atoms with Crippen LogP contribution in [-0.2, 0) is 4.79 Å². The first kappa shape index (κ1) is 20.7. The molecule has 0 bridgehead atoms. The maximum absolute atomic E-state index is 12.5. The van der Waals surface area contributed by atoms with Crippen molar-refractivity contribution in [1.82, 2.24) is 5.32 Å². The fourth-order valence-corrected chi connectivity index (χ4v) is 3.44. The Balaban J connectivity index is 2.23. The predicted molar refractivity (Wildman–Crippen MR) is 105 cm³/mol. The maximum atomic E-state index is 12.5. The Bertz CT molecular complexity index is 805. The number of halogens is 1. The molecule has 0 unspecified atom stereocenters. The largest absolute Gasteiger partial charge is 0.493 e. The van der Waals surface area contributed by atoms with Crippen molar-refractivity contribution in [3.05, 3.63) is 28.3 Å². The van der Waals surface area contributed by atoms with E-state index in [1.807, 2.05) is 6.07 Å². The number of nitrogens with zero attached hydrogens (tertiary/aromatic N) is 1. The highest BCUT2D eigenvalue weighted by Crippen LogP contribution is 2.37. The third-order valence-electron chi connectivity index (χ3n) is 4.66. The second kappa shape index (κ2) is 9.90. The molecule has 142 valence electrons. The molecule has 27 heavy (non-hydrogen) atoms. The van der Waals surface area contributed by atoms with E-state index in [0.29, 0.717) is 23.0 Å². The standard InChI is InChI=1S/C21H23ClN2O3/c1-4-9-27-20-17(22)11-15(12-19(20)26-3)10-16(13-23)21(25)24-18-8-6-5-7-14(18)2/h1,10-12,14,18H,5-9H2,2-3H3,(H,24,25)/b16-10+/t14-,18+/m0/s1. The van der Waals surface area contributed by atoms with Gasteiger partial charge in [-0.15, -0.1) is 6.42 Å². The Morgan fingerprint density at radius 2 is 2.19 bits per heavy atom. The normalized spacial score (nSPS) is 19.5. The number of ether oxygens (including phenoxy) is 2. The summed E-state index contributed by atoms with van der Waals surface area (Å²) in [4.78, 5) is 12.5. The van der Waals surface area contributed by atoms with Gasteiger partial charge >= 0.3 is 0 Å². The summed E-state index contributed by atoms with van der Waals surface area (Å²) in [7, 11) is 1.48. The molecular formula is C21H23ClN2O3. The number of hydrogen-bond donors (Lipinski definition) is 1. The zero-order valence-corrected chi connectivity index (χ0v) is 16.3. The van der Waals surface area contributed by atoms with Gasteiger partial charge in [-0.25, -0.2) is 0 Å². The molecule has 2 rings (SSSR count). The van der Waals surface area contributed by atoms with Crippen LogP contribution in [-0.4, -0.2) is 25.7 Å². The molecule has 1 aliphatic carbocycles. The Morgan fingerprint density at radius 3 is 2.81 bits per heavy atom. The average molecular weight is 387 g/mol. The van der Waals surface area contributed by atoms with Crippen molar-refractivity contribution >= 4 is 23.6 Å². The Morgan fingerprint density at radius 1 is 1.44 bits per heavy atom. The fraction of sp³-hybridized carbons (Fsp3) is 0.429. The summed E-state index contributed by atoms with van der Waals surface area (Å²) in [5, 5.41) is 12.7. The topological polar surface area (TPSA) is 71.3 Å². The van der Waals surface area contributed by atoms with Crippen LogP contribution in [0.4, 0.5) is 0 Å². The van der Waals surface area contributed by atoms with Crippen molar-refractivity contribution in [2.75, 3.05) is 13.7 Å². The van der Waals surface area contributed by atoms with Gasteiger partial charge in [0.05, 0.1) is 12.1 Å². The van der Waals surface area contributed by atoms with Gasteiger partial charge in [0.2, 0.25) is 0 Å². The average Bonchev–Trinajstić information content (AvgIpc) is 2.66. The minimum absolute atomic E-state index is 0.0168. The number of carbonyl (C=O) groups excluding carboxylic acids is 1. The zero-order chi connectivity index (χ0) is 19.8. The van der Waals surface area contributed by atoms with Gasteiger partial charge in [-0.05, 0) is 42.5 Å². The lowest BCUT2D eigenvalue weighted by Crippen LogP contribution is -2.41. The molecule has 0 radical (unpaired) electrons. The van der Waals surface area contributed by atoms with Crippen LogP contribution in [0.2, 0.25) is 5.02 Å². The smallest absolute Gasteiger partial charge is 0.262 e. The fourth-order valence-electron chi connectivity index (χ4n) is 3.17. The van der Waals surface area contributed by atoms with Gasteiger partial charge in [-0.2, -0.15) is 5.26 Å². The van der Waals surface area contributed by atoms with E-state index in [1.165, 1.54) is 19.6 Å². The second-order valence-electron chi connectivity index (χ2n) is 6.54. The van der Waals surface area contributed by atoms with Crippen molar-refractivity contribution < 1.29 is 14.3 Å². The quantitative estimate of drug-likeness (QED) is 0.456. The van der Waals surface area contributed by atoms with E-state index >= 15 is 0 Å². The Labute approximate surface area is 165 Å². The summed E-state index contributed by atoms with van der Waals surface area (Å²) in [6.07, 6.45) is 11.0. The first-order chi connectivity index (χ1) is 13.0. The van der Waals surface area contributed by atoms with Gasteiger partial charge in [-0.1, -0.05) is 37.3 Å². The van der Waals surface area contributed by atoms with E-state index in [1.54, 1.807) is 12.1 Å². The molecule has 1 aromatic rings. The van der Waals surface area contributed by atoms with E-state index in [0.717, 1.165) is 19.3 Å². The first-order valence-electron chi connectivity index (χ1n) is 8.86. The van der Waals surface area contributed by atoms with Crippen molar-refractivity contribution in [1.29, 1.82) is 5.26 Å². The van der Waals surface area contributed by atoms with E-state index < -0.39 is 0 Å². The maximum Gasteiger partial charge on any atom is 0.262 e. The lowest BCUT2D eigenvalue weighted by Gasteiger charge is -2.29. The third-order valence-corrected chi connectivity index (χ3v) is 4.94. The summed E-state index contributed by atoms with van der Waals surface area (Å²) < 4.78 is 10.7. The molecule has 6 heteroatoms. The van der Waals surface area contributed by atoms with Crippen molar-refractivity contribution in [2.24, 2.45) is 5.92 Å². The van der Waals surface area contributed by atoms with Gasteiger partial charge < -0.3 is 14.8 Å². The van der Waals surface area contributed by atoms with Crippen LogP contribution < -0.4 is 14.8 Å². The first-order valence-corrected chi connectivity index (χ1v) is 9.24. The highest BCUT2D eigenvalue weighted by atomic mass is 35.5. The molecule has 5 nitrogen and oxygen atoms in total. The van der Waals surface area contributed by atoms with E-state index in [-0.39, 0.29) is 29.2 Å². The van der Waals surface area contributed by atoms with E-state index in [9.17, 15) is 10.1 Å². The highest BCUT2D eigenvalue weighted by molar-refractivity contribution is 6.32.